The molecule has 1 heterocycles. The molecule has 0 spiro atoms. The van der Waals surface area contributed by atoms with Crippen molar-refractivity contribution in [3.8, 4) is 0 Å². The Morgan fingerprint density at radius 2 is 2.17 bits per heavy atom. The van der Waals surface area contributed by atoms with Crippen LogP contribution in [0.3, 0.4) is 0 Å². The number of allylic oxidation sites excluding steroid dienone is 1. The van der Waals surface area contributed by atoms with Crippen LogP contribution in [0.2, 0.25) is 0 Å². The van der Waals surface area contributed by atoms with Crippen LogP contribution in [0, 0.1) is 6.92 Å². The van der Waals surface area contributed by atoms with Crippen molar-refractivity contribution in [1.82, 2.24) is 10.3 Å². The number of carboxylic acid groups (broad SMARTS) is 1. The first-order chi connectivity index (χ1) is 8.45. The molecule has 1 aromatic rings. The lowest BCUT2D eigenvalue weighted by Gasteiger charge is -2.02. The lowest BCUT2D eigenvalue weighted by Crippen LogP contribution is -2.23. The van der Waals surface area contributed by atoms with Crippen LogP contribution in [0.5, 0.6) is 0 Å². The van der Waals surface area contributed by atoms with Crippen molar-refractivity contribution in [2.24, 2.45) is 0 Å². The summed E-state index contributed by atoms with van der Waals surface area (Å²) in [6.45, 7) is 5.61. The lowest BCUT2D eigenvalue weighted by molar-refractivity contribution is -0.117. The quantitative estimate of drug-likeness (QED) is 0.802. The monoisotopic (exact) mass is 268 g/mol. The number of thiazole rings is 1. The summed E-state index contributed by atoms with van der Waals surface area (Å²) in [5.74, 6) is -1.13. The molecule has 0 aromatic carbocycles. The number of carboxylic acids is 1. The van der Waals surface area contributed by atoms with Crippen LogP contribution >= 0.6 is 11.3 Å². The van der Waals surface area contributed by atoms with E-state index in [1.165, 1.54) is 0 Å². The Hall–Kier alpha value is -1.69. The zero-order valence-corrected chi connectivity index (χ0v) is 11.4. The zero-order chi connectivity index (χ0) is 13.7. The Balaban J connectivity index is 2.64. The van der Waals surface area contributed by atoms with Gasteiger partial charge in [0.15, 0.2) is 0 Å². The third-order valence-corrected chi connectivity index (χ3v) is 3.45. The minimum Gasteiger partial charge on any atom is -0.477 e. The number of rotatable bonds is 5. The zero-order valence-electron chi connectivity index (χ0n) is 10.6. The molecule has 0 saturated carbocycles. The van der Waals surface area contributed by atoms with Crippen molar-refractivity contribution < 1.29 is 14.7 Å². The minimum absolute atomic E-state index is 0.151. The smallest absolute Gasteiger partial charge is 0.347 e. The number of nitrogens with zero attached hydrogens (tertiary/aromatic N) is 1. The third kappa shape index (κ3) is 3.66. The van der Waals surface area contributed by atoms with Crippen molar-refractivity contribution >= 4 is 23.2 Å². The molecule has 1 rings (SSSR count). The van der Waals surface area contributed by atoms with E-state index in [1.807, 2.05) is 13.0 Å². The van der Waals surface area contributed by atoms with Crippen LogP contribution < -0.4 is 5.32 Å². The summed E-state index contributed by atoms with van der Waals surface area (Å²) in [6, 6.07) is 0. The maximum Gasteiger partial charge on any atom is 0.347 e. The normalized spacial score (nSPS) is 11.4. The first-order valence-corrected chi connectivity index (χ1v) is 6.41. The molecule has 0 bridgehead atoms. The summed E-state index contributed by atoms with van der Waals surface area (Å²) >= 11 is 1.09. The highest BCUT2D eigenvalue weighted by atomic mass is 32.1. The van der Waals surface area contributed by atoms with E-state index in [0.29, 0.717) is 16.3 Å². The minimum atomic E-state index is -0.982. The Bertz CT molecular complexity index is 492. The van der Waals surface area contributed by atoms with Gasteiger partial charge in [0.2, 0.25) is 5.91 Å². The fraction of sp³-hybridized carbons (Fsp3) is 0.417. The SMILES string of the molecule is CCC=C(C)C(=O)NCc1nc(C)c(C(=O)O)s1. The fourth-order valence-corrected chi connectivity index (χ4v) is 2.26. The molecule has 0 unspecified atom stereocenters. The van der Waals surface area contributed by atoms with Crippen molar-refractivity contribution in [2.45, 2.75) is 33.7 Å². The Kier molecular flexibility index (Phi) is 5.03. The fourth-order valence-electron chi connectivity index (χ4n) is 1.42. The van der Waals surface area contributed by atoms with E-state index in [1.54, 1.807) is 13.8 Å². The van der Waals surface area contributed by atoms with Gasteiger partial charge in [-0.1, -0.05) is 13.0 Å². The van der Waals surface area contributed by atoms with E-state index in [9.17, 15) is 9.59 Å². The van der Waals surface area contributed by atoms with Gasteiger partial charge in [0.1, 0.15) is 9.88 Å². The van der Waals surface area contributed by atoms with Crippen LogP contribution in [-0.4, -0.2) is 22.0 Å². The molecule has 98 valence electrons. The maximum atomic E-state index is 11.6. The van der Waals surface area contributed by atoms with E-state index >= 15 is 0 Å². The highest BCUT2D eigenvalue weighted by molar-refractivity contribution is 7.13. The number of aryl methyl sites for hydroxylation is 1. The second-order valence-corrected chi connectivity index (χ2v) is 4.89. The second-order valence-electron chi connectivity index (χ2n) is 3.81. The van der Waals surface area contributed by atoms with Crippen molar-refractivity contribution in [3.05, 3.63) is 27.2 Å². The molecule has 0 atom stereocenters. The van der Waals surface area contributed by atoms with E-state index in [-0.39, 0.29) is 17.3 Å². The van der Waals surface area contributed by atoms with Crippen molar-refractivity contribution in [2.75, 3.05) is 0 Å². The third-order valence-electron chi connectivity index (χ3n) is 2.30. The summed E-state index contributed by atoms with van der Waals surface area (Å²) in [5.41, 5.74) is 1.14. The summed E-state index contributed by atoms with van der Waals surface area (Å²) in [5, 5.41) is 12.2. The van der Waals surface area contributed by atoms with Gasteiger partial charge in [-0.3, -0.25) is 4.79 Å². The Morgan fingerprint density at radius 1 is 1.50 bits per heavy atom. The summed E-state index contributed by atoms with van der Waals surface area (Å²) in [6.07, 6.45) is 2.64. The van der Waals surface area contributed by atoms with E-state index < -0.39 is 5.97 Å². The Morgan fingerprint density at radius 3 is 2.67 bits per heavy atom. The number of hydrogen-bond donors (Lipinski definition) is 2. The molecule has 18 heavy (non-hydrogen) atoms. The van der Waals surface area contributed by atoms with Gasteiger partial charge in [0.25, 0.3) is 0 Å². The lowest BCUT2D eigenvalue weighted by atomic mass is 10.2. The molecule has 0 fully saturated rings. The van der Waals surface area contributed by atoms with Crippen molar-refractivity contribution in [3.63, 3.8) is 0 Å². The predicted molar refractivity (Wildman–Crippen MR) is 69.7 cm³/mol. The van der Waals surface area contributed by atoms with E-state index in [2.05, 4.69) is 10.3 Å². The van der Waals surface area contributed by atoms with Gasteiger partial charge in [-0.15, -0.1) is 11.3 Å². The molecule has 1 amide bonds. The summed E-state index contributed by atoms with van der Waals surface area (Å²) in [7, 11) is 0. The Labute approximate surface area is 110 Å². The van der Waals surface area contributed by atoms with Crippen LogP contribution in [0.25, 0.3) is 0 Å². The summed E-state index contributed by atoms with van der Waals surface area (Å²) < 4.78 is 0. The topological polar surface area (TPSA) is 79.3 Å². The molecule has 0 aliphatic rings. The average Bonchev–Trinajstić information content (AvgIpc) is 2.68. The molecule has 0 aliphatic heterocycles. The number of carbonyl (C=O) groups excluding carboxylic acids is 1. The molecule has 2 N–H and O–H groups in total. The van der Waals surface area contributed by atoms with Crippen LogP contribution in [0.15, 0.2) is 11.6 Å². The first-order valence-electron chi connectivity index (χ1n) is 5.60. The highest BCUT2D eigenvalue weighted by Crippen LogP contribution is 2.17. The van der Waals surface area contributed by atoms with Gasteiger partial charge >= 0.3 is 5.97 Å². The number of amides is 1. The molecule has 5 nitrogen and oxygen atoms in total. The highest BCUT2D eigenvalue weighted by Gasteiger charge is 2.14. The van der Waals surface area contributed by atoms with Crippen LogP contribution in [0.4, 0.5) is 0 Å². The standard InChI is InChI=1S/C12H16N2O3S/c1-4-5-7(2)11(15)13-6-9-14-8(3)10(18-9)12(16)17/h5H,4,6H2,1-3H3,(H,13,15)(H,16,17). The van der Waals surface area contributed by atoms with Crippen LogP contribution in [0.1, 0.15) is 40.6 Å². The predicted octanol–water partition coefficient (Wildman–Crippen LogP) is 2.12. The van der Waals surface area contributed by atoms with E-state index in [4.69, 9.17) is 5.11 Å². The van der Waals surface area contributed by atoms with Crippen LogP contribution in [-0.2, 0) is 11.3 Å². The molecular weight excluding hydrogens is 252 g/mol. The van der Waals surface area contributed by atoms with Gasteiger partial charge in [-0.2, -0.15) is 0 Å². The first kappa shape index (κ1) is 14.4. The largest absolute Gasteiger partial charge is 0.477 e. The molecule has 0 saturated heterocycles. The van der Waals surface area contributed by atoms with Gasteiger partial charge in [0.05, 0.1) is 12.2 Å². The number of nitrogens with one attached hydrogen (secondary N) is 1. The molecule has 0 radical (unpaired) electrons. The maximum absolute atomic E-state index is 11.6. The number of hydrogen-bond acceptors (Lipinski definition) is 4. The second kappa shape index (κ2) is 6.30. The number of carbonyl (C=O) groups is 2. The van der Waals surface area contributed by atoms with Gasteiger partial charge in [-0.25, -0.2) is 9.78 Å². The van der Waals surface area contributed by atoms with Crippen molar-refractivity contribution in [1.29, 1.82) is 0 Å². The average molecular weight is 268 g/mol. The van der Waals surface area contributed by atoms with Gasteiger partial charge in [0, 0.05) is 5.57 Å². The van der Waals surface area contributed by atoms with Gasteiger partial charge < -0.3 is 10.4 Å². The molecule has 1 aromatic heterocycles. The number of aromatic carboxylic acids is 1. The molecule has 0 aliphatic carbocycles. The molecule has 6 heteroatoms. The van der Waals surface area contributed by atoms with E-state index in [0.717, 1.165) is 17.8 Å². The molecular formula is C12H16N2O3S. The van der Waals surface area contributed by atoms with Gasteiger partial charge in [-0.05, 0) is 20.3 Å². The summed E-state index contributed by atoms with van der Waals surface area (Å²) in [4.78, 5) is 26.8. The number of aromatic nitrogens is 1.